The predicted octanol–water partition coefficient (Wildman–Crippen LogP) is 4.44. The van der Waals surface area contributed by atoms with E-state index in [1.165, 1.54) is 18.3 Å². The molecule has 0 bridgehead atoms. The van der Waals surface area contributed by atoms with Crippen molar-refractivity contribution in [3.05, 3.63) is 70.6 Å². The van der Waals surface area contributed by atoms with Crippen LogP contribution in [0.25, 0.3) is 6.08 Å². The molecule has 0 saturated carbocycles. The highest BCUT2D eigenvalue weighted by molar-refractivity contribution is 6.31. The van der Waals surface area contributed by atoms with Crippen LogP contribution in [0.1, 0.15) is 35.5 Å². The van der Waals surface area contributed by atoms with Crippen LogP contribution in [-0.2, 0) is 11.3 Å². The van der Waals surface area contributed by atoms with Gasteiger partial charge in [0.1, 0.15) is 10.9 Å². The van der Waals surface area contributed by atoms with Gasteiger partial charge < -0.3 is 15.8 Å². The number of ether oxygens (including phenoxy) is 1. The fraction of sp³-hybridized carbons (Fsp3) is 0.217. The van der Waals surface area contributed by atoms with Crippen LogP contribution in [0, 0.1) is 12.8 Å². The number of carbonyl (C=O) groups excluding carboxylic acids is 2. The number of anilines is 1. The molecule has 0 saturated heterocycles. The number of aryl methyl sites for hydroxylation is 1. The van der Waals surface area contributed by atoms with E-state index in [0.717, 1.165) is 5.69 Å². The molecule has 2 amide bonds. The topological polar surface area (TPSA) is 112 Å². The second-order valence-corrected chi connectivity index (χ2v) is 7.93. The number of hydrogen-bond donors (Lipinski definition) is 2. The van der Waals surface area contributed by atoms with Gasteiger partial charge in [0.05, 0.1) is 17.6 Å². The summed E-state index contributed by atoms with van der Waals surface area (Å²) >= 11 is 6.40. The molecule has 1 aromatic carbocycles. The van der Waals surface area contributed by atoms with E-state index in [-0.39, 0.29) is 5.91 Å². The first-order valence-electron chi connectivity index (χ1n) is 9.98. The van der Waals surface area contributed by atoms with Gasteiger partial charge in [0.15, 0.2) is 0 Å². The Morgan fingerprint density at radius 2 is 2.06 bits per heavy atom. The Morgan fingerprint density at radius 3 is 2.72 bits per heavy atom. The Morgan fingerprint density at radius 1 is 1.28 bits per heavy atom. The normalized spacial score (nSPS) is 11.2. The van der Waals surface area contributed by atoms with Gasteiger partial charge in [-0.2, -0.15) is 5.10 Å². The minimum absolute atomic E-state index is 0.306. The molecule has 3 N–H and O–H groups in total. The Bertz CT molecular complexity index is 1150. The standard InChI is InChI=1S/C23H24ClN5O3/c1-14(2)13-29-22(24)19(15(3)28-29)8-9-20(30)27-17-7-10-21(26-12-17)32-18-6-4-5-16(11-18)23(25)31/h4-12,14H,13H2,1-3H3,(H2,25,31)(H,27,30). The molecule has 166 valence electrons. The van der Waals surface area contributed by atoms with Gasteiger partial charge in [-0.25, -0.2) is 4.98 Å². The molecular weight excluding hydrogens is 430 g/mol. The summed E-state index contributed by atoms with van der Waals surface area (Å²) < 4.78 is 7.36. The molecular formula is C23H24ClN5O3. The number of carbonyl (C=O) groups is 2. The lowest BCUT2D eigenvalue weighted by Gasteiger charge is -2.07. The van der Waals surface area contributed by atoms with Crippen molar-refractivity contribution in [2.75, 3.05) is 5.32 Å². The summed E-state index contributed by atoms with van der Waals surface area (Å²) in [5, 5.41) is 7.66. The molecule has 0 radical (unpaired) electrons. The number of rotatable bonds is 8. The van der Waals surface area contributed by atoms with Crippen LogP contribution in [0.2, 0.25) is 5.15 Å². The maximum atomic E-state index is 12.3. The van der Waals surface area contributed by atoms with Gasteiger partial charge >= 0.3 is 0 Å². The van der Waals surface area contributed by atoms with Crippen molar-refractivity contribution in [3.63, 3.8) is 0 Å². The minimum Gasteiger partial charge on any atom is -0.439 e. The van der Waals surface area contributed by atoms with Crippen molar-refractivity contribution >= 4 is 35.2 Å². The molecule has 0 aliphatic heterocycles. The summed E-state index contributed by atoms with van der Waals surface area (Å²) in [5.41, 5.74) is 7.57. The van der Waals surface area contributed by atoms with Crippen LogP contribution >= 0.6 is 11.6 Å². The van der Waals surface area contributed by atoms with E-state index in [0.29, 0.717) is 46.1 Å². The number of pyridine rings is 1. The predicted molar refractivity (Wildman–Crippen MR) is 124 cm³/mol. The van der Waals surface area contributed by atoms with E-state index < -0.39 is 5.91 Å². The SMILES string of the molecule is Cc1nn(CC(C)C)c(Cl)c1C=CC(=O)Nc1ccc(Oc2cccc(C(N)=O)c2)nc1. The van der Waals surface area contributed by atoms with Crippen molar-refractivity contribution < 1.29 is 14.3 Å². The molecule has 0 unspecified atom stereocenters. The van der Waals surface area contributed by atoms with Gasteiger partial charge in [0.25, 0.3) is 0 Å². The Labute approximate surface area is 191 Å². The van der Waals surface area contributed by atoms with E-state index in [4.69, 9.17) is 22.1 Å². The zero-order valence-corrected chi connectivity index (χ0v) is 18.8. The highest BCUT2D eigenvalue weighted by atomic mass is 35.5. The second kappa shape index (κ2) is 10.1. The third-order valence-electron chi connectivity index (χ3n) is 4.39. The van der Waals surface area contributed by atoms with Crippen LogP contribution in [0.5, 0.6) is 11.6 Å². The minimum atomic E-state index is -0.543. The summed E-state index contributed by atoms with van der Waals surface area (Å²) in [5.74, 6) is 0.261. The molecule has 3 rings (SSSR count). The zero-order chi connectivity index (χ0) is 23.3. The molecule has 0 spiro atoms. The smallest absolute Gasteiger partial charge is 0.248 e. The van der Waals surface area contributed by atoms with Gasteiger partial charge in [-0.3, -0.25) is 14.3 Å². The molecule has 0 fully saturated rings. The number of aromatic nitrogens is 3. The molecule has 9 heteroatoms. The number of benzene rings is 1. The van der Waals surface area contributed by atoms with Gasteiger partial charge in [0, 0.05) is 29.8 Å². The van der Waals surface area contributed by atoms with Crippen molar-refractivity contribution in [2.24, 2.45) is 11.7 Å². The van der Waals surface area contributed by atoms with Crippen molar-refractivity contribution in [1.29, 1.82) is 0 Å². The summed E-state index contributed by atoms with van der Waals surface area (Å²) in [6.45, 7) is 6.71. The first-order chi connectivity index (χ1) is 15.2. The fourth-order valence-corrected chi connectivity index (χ4v) is 3.22. The van der Waals surface area contributed by atoms with Crippen LogP contribution in [0.15, 0.2) is 48.7 Å². The van der Waals surface area contributed by atoms with Crippen LogP contribution in [-0.4, -0.2) is 26.6 Å². The number of halogens is 1. The first-order valence-corrected chi connectivity index (χ1v) is 10.4. The van der Waals surface area contributed by atoms with E-state index in [1.807, 2.05) is 6.92 Å². The summed E-state index contributed by atoms with van der Waals surface area (Å²) in [6, 6.07) is 9.74. The molecule has 0 aliphatic carbocycles. The first kappa shape index (κ1) is 23.0. The number of nitrogens with two attached hydrogens (primary N) is 1. The van der Waals surface area contributed by atoms with Gasteiger partial charge in [-0.15, -0.1) is 0 Å². The van der Waals surface area contributed by atoms with E-state index >= 15 is 0 Å². The summed E-state index contributed by atoms with van der Waals surface area (Å²) in [4.78, 5) is 27.7. The van der Waals surface area contributed by atoms with Crippen molar-refractivity contribution in [1.82, 2.24) is 14.8 Å². The van der Waals surface area contributed by atoms with Gasteiger partial charge in [-0.05, 0) is 43.2 Å². The molecule has 8 nitrogen and oxygen atoms in total. The molecule has 0 atom stereocenters. The van der Waals surface area contributed by atoms with Crippen LogP contribution in [0.4, 0.5) is 5.69 Å². The number of hydrogen-bond acceptors (Lipinski definition) is 5. The molecule has 0 aliphatic rings. The maximum Gasteiger partial charge on any atom is 0.248 e. The monoisotopic (exact) mass is 453 g/mol. The molecule has 2 heterocycles. The molecule has 2 aromatic heterocycles. The second-order valence-electron chi connectivity index (χ2n) is 7.57. The van der Waals surface area contributed by atoms with E-state index in [9.17, 15) is 9.59 Å². The van der Waals surface area contributed by atoms with Crippen LogP contribution < -0.4 is 15.8 Å². The van der Waals surface area contributed by atoms with Gasteiger partial charge in [-0.1, -0.05) is 31.5 Å². The highest BCUT2D eigenvalue weighted by Crippen LogP contribution is 2.23. The lowest BCUT2D eigenvalue weighted by atomic mass is 10.2. The summed E-state index contributed by atoms with van der Waals surface area (Å²) in [7, 11) is 0. The lowest BCUT2D eigenvalue weighted by Crippen LogP contribution is -2.10. The third kappa shape index (κ3) is 5.95. The fourth-order valence-electron chi connectivity index (χ4n) is 2.91. The Kier molecular flexibility index (Phi) is 7.27. The largest absolute Gasteiger partial charge is 0.439 e. The summed E-state index contributed by atoms with van der Waals surface area (Å²) in [6.07, 6.45) is 4.51. The van der Waals surface area contributed by atoms with E-state index in [1.54, 1.807) is 41.1 Å². The highest BCUT2D eigenvalue weighted by Gasteiger charge is 2.12. The zero-order valence-electron chi connectivity index (χ0n) is 18.0. The number of nitrogens with one attached hydrogen (secondary N) is 1. The average molecular weight is 454 g/mol. The van der Waals surface area contributed by atoms with Crippen molar-refractivity contribution in [3.8, 4) is 11.6 Å². The lowest BCUT2D eigenvalue weighted by molar-refractivity contribution is -0.111. The number of amides is 2. The quantitative estimate of drug-likeness (QED) is 0.489. The Hall–Kier alpha value is -3.65. The van der Waals surface area contributed by atoms with E-state index in [2.05, 4.69) is 29.2 Å². The van der Waals surface area contributed by atoms with Crippen molar-refractivity contribution in [2.45, 2.75) is 27.3 Å². The molecule has 32 heavy (non-hydrogen) atoms. The third-order valence-corrected chi connectivity index (χ3v) is 4.79. The average Bonchev–Trinajstić information content (AvgIpc) is 3.00. The number of nitrogens with zero attached hydrogens (tertiary/aromatic N) is 3. The maximum absolute atomic E-state index is 12.3. The van der Waals surface area contributed by atoms with Crippen LogP contribution in [0.3, 0.4) is 0 Å². The Balaban J connectivity index is 1.62. The number of primary amides is 1. The van der Waals surface area contributed by atoms with Gasteiger partial charge in [0.2, 0.25) is 17.7 Å². The molecule has 3 aromatic rings.